The van der Waals surface area contributed by atoms with Gasteiger partial charge in [-0.3, -0.25) is 4.79 Å². The average molecular weight is 449 g/mol. The fourth-order valence-corrected chi connectivity index (χ4v) is 5.71. The predicted molar refractivity (Wildman–Crippen MR) is 129 cm³/mol. The molecule has 0 N–H and O–H groups in total. The van der Waals surface area contributed by atoms with Gasteiger partial charge in [-0.2, -0.15) is 0 Å². The number of carbonyl (C=O) groups is 1. The molecule has 0 radical (unpaired) electrons. The molecule has 168 valence electrons. The highest BCUT2D eigenvalue weighted by Gasteiger charge is 2.48. The molecular weight excluding hydrogens is 400 g/mol. The van der Waals surface area contributed by atoms with E-state index in [2.05, 4.69) is 87.4 Å². The molecule has 0 aromatic carbocycles. The fourth-order valence-electron chi connectivity index (χ4n) is 2.25. The van der Waals surface area contributed by atoms with Crippen LogP contribution in [0.5, 0.6) is 0 Å². The van der Waals surface area contributed by atoms with Crippen molar-refractivity contribution >= 4 is 30.7 Å². The van der Waals surface area contributed by atoms with Crippen molar-refractivity contribution < 1.29 is 18.1 Å². The van der Waals surface area contributed by atoms with Crippen molar-refractivity contribution in [2.24, 2.45) is 0 Å². The molecule has 0 heterocycles. The lowest BCUT2D eigenvalue weighted by Crippen LogP contribution is -2.59. The van der Waals surface area contributed by atoms with E-state index in [-0.39, 0.29) is 29.1 Å². The van der Waals surface area contributed by atoms with E-state index in [0.717, 1.165) is 0 Å². The first-order valence-corrected chi connectivity index (χ1v) is 19.8. The normalized spacial score (nSPS) is 15.1. The number of hydrogen-bond acceptors (Lipinski definition) is 4. The van der Waals surface area contributed by atoms with Gasteiger partial charge in [0, 0.05) is 6.42 Å². The Hall–Kier alpha value is 0.201. The minimum atomic E-state index is -2.02. The topological polar surface area (TPSA) is 44.8 Å². The van der Waals surface area contributed by atoms with Crippen LogP contribution >= 0.6 is 0 Å². The fraction of sp³-hybridized carbons (Fsp3) is 0.952. The third-order valence-corrected chi connectivity index (χ3v) is 16.2. The highest BCUT2D eigenvalue weighted by Crippen LogP contribution is 2.40. The summed E-state index contributed by atoms with van der Waals surface area (Å²) in [6.07, 6.45) is 0.423. The SMILES string of the molecule is CCC(=O)C(CO[Si](C)(C)C(C)(C)C)(CO[Si](C)(C)C(C)(C)C)O[Si](C)(C)C. The van der Waals surface area contributed by atoms with Gasteiger partial charge >= 0.3 is 0 Å². The van der Waals surface area contributed by atoms with Gasteiger partial charge in [-0.15, -0.1) is 0 Å². The molecule has 7 heteroatoms. The number of rotatable bonds is 10. The van der Waals surface area contributed by atoms with Crippen molar-refractivity contribution in [3.05, 3.63) is 0 Å². The molecule has 0 aliphatic rings. The van der Waals surface area contributed by atoms with Crippen LogP contribution in [-0.2, 0) is 18.1 Å². The van der Waals surface area contributed by atoms with E-state index in [9.17, 15) is 4.79 Å². The molecule has 4 nitrogen and oxygen atoms in total. The molecular formula is C21H48O4Si3. The summed E-state index contributed by atoms with van der Waals surface area (Å²) in [5.41, 5.74) is -1.01. The van der Waals surface area contributed by atoms with Gasteiger partial charge in [0.05, 0.1) is 13.2 Å². The Morgan fingerprint density at radius 3 is 1.25 bits per heavy atom. The lowest BCUT2D eigenvalue weighted by atomic mass is 9.99. The Bertz CT molecular complexity index is 493. The number of ketones is 1. The van der Waals surface area contributed by atoms with Crippen LogP contribution in [0.25, 0.3) is 0 Å². The van der Waals surface area contributed by atoms with Gasteiger partial charge < -0.3 is 13.3 Å². The first-order chi connectivity index (χ1) is 12.1. The van der Waals surface area contributed by atoms with E-state index in [0.29, 0.717) is 6.42 Å². The van der Waals surface area contributed by atoms with E-state index < -0.39 is 30.6 Å². The molecule has 0 atom stereocenters. The Kier molecular flexibility index (Phi) is 9.20. The molecule has 28 heavy (non-hydrogen) atoms. The second kappa shape index (κ2) is 9.14. The third-order valence-electron chi connectivity index (χ3n) is 6.28. The van der Waals surface area contributed by atoms with E-state index in [4.69, 9.17) is 13.3 Å². The monoisotopic (exact) mass is 448 g/mol. The quantitative estimate of drug-likeness (QED) is 0.353. The molecule has 0 spiro atoms. The molecule has 0 saturated heterocycles. The van der Waals surface area contributed by atoms with Gasteiger partial charge in [-0.05, 0) is 55.9 Å². The summed E-state index contributed by atoms with van der Waals surface area (Å²) in [7, 11) is -6.05. The summed E-state index contributed by atoms with van der Waals surface area (Å²) in [6, 6.07) is 0. The molecule has 0 aliphatic carbocycles. The zero-order valence-electron chi connectivity index (χ0n) is 21.3. The summed E-state index contributed by atoms with van der Waals surface area (Å²) in [5, 5.41) is 0.154. The van der Waals surface area contributed by atoms with Crippen LogP contribution in [0.4, 0.5) is 0 Å². The Balaban J connectivity index is 5.94. The second-order valence-electron chi connectivity index (χ2n) is 12.1. The van der Waals surface area contributed by atoms with E-state index in [1.54, 1.807) is 0 Å². The van der Waals surface area contributed by atoms with Crippen LogP contribution in [0.2, 0.25) is 55.9 Å². The maximum atomic E-state index is 13.2. The summed E-state index contributed by atoms with van der Waals surface area (Å²) < 4.78 is 19.6. The molecule has 0 aromatic rings. The highest BCUT2D eigenvalue weighted by atomic mass is 28.4. The predicted octanol–water partition coefficient (Wildman–Crippen LogP) is 6.60. The Morgan fingerprint density at radius 1 is 0.714 bits per heavy atom. The Labute approximate surface area is 178 Å². The van der Waals surface area contributed by atoms with Gasteiger partial charge in [-0.1, -0.05) is 48.5 Å². The average Bonchev–Trinajstić information content (AvgIpc) is 2.45. The zero-order chi connectivity index (χ0) is 22.8. The molecule has 0 aromatic heterocycles. The highest BCUT2D eigenvalue weighted by molar-refractivity contribution is 6.74. The van der Waals surface area contributed by atoms with Gasteiger partial charge in [0.15, 0.2) is 36.3 Å². The number of Topliss-reactive ketones (excluding diaryl/α,β-unsaturated/α-hetero) is 1. The Morgan fingerprint density at radius 2 is 1.04 bits per heavy atom. The maximum Gasteiger partial charge on any atom is 0.192 e. The summed E-state index contributed by atoms with van der Waals surface area (Å²) >= 11 is 0. The summed E-state index contributed by atoms with van der Waals surface area (Å²) in [4.78, 5) is 13.2. The minimum Gasteiger partial charge on any atom is -0.413 e. The molecule has 0 aliphatic heterocycles. The molecule has 0 amide bonds. The van der Waals surface area contributed by atoms with Crippen molar-refractivity contribution in [1.29, 1.82) is 0 Å². The minimum absolute atomic E-state index is 0.0768. The lowest BCUT2D eigenvalue weighted by Gasteiger charge is -2.45. The molecule has 0 saturated carbocycles. The van der Waals surface area contributed by atoms with E-state index in [1.807, 2.05) is 6.92 Å². The van der Waals surface area contributed by atoms with Crippen LogP contribution in [0.1, 0.15) is 54.9 Å². The number of carbonyl (C=O) groups excluding carboxylic acids is 1. The van der Waals surface area contributed by atoms with Crippen molar-refractivity contribution in [3.8, 4) is 0 Å². The standard InChI is InChI=1S/C21H48O4Si3/c1-15-18(22)21(25-26(8,9)10,16-23-27(11,12)19(2,3)4)17-24-28(13,14)20(5,6)7/h15-17H2,1-14H3. The van der Waals surface area contributed by atoms with E-state index >= 15 is 0 Å². The third kappa shape index (κ3) is 7.80. The molecule has 0 bridgehead atoms. The van der Waals surface area contributed by atoms with E-state index in [1.165, 1.54) is 0 Å². The summed E-state index contributed by atoms with van der Waals surface area (Å²) in [5.74, 6) is 0.0901. The largest absolute Gasteiger partial charge is 0.413 e. The molecule has 0 unspecified atom stereocenters. The zero-order valence-corrected chi connectivity index (χ0v) is 24.3. The molecule has 0 fully saturated rings. The lowest BCUT2D eigenvalue weighted by molar-refractivity contribution is -0.142. The molecule has 0 rings (SSSR count). The van der Waals surface area contributed by atoms with Crippen LogP contribution in [0.3, 0.4) is 0 Å². The van der Waals surface area contributed by atoms with Crippen LogP contribution < -0.4 is 0 Å². The van der Waals surface area contributed by atoms with Crippen LogP contribution in [0, 0.1) is 0 Å². The maximum absolute atomic E-state index is 13.2. The first kappa shape index (κ1) is 28.2. The van der Waals surface area contributed by atoms with Gasteiger partial charge in [-0.25, -0.2) is 0 Å². The van der Waals surface area contributed by atoms with Crippen molar-refractivity contribution in [3.63, 3.8) is 0 Å². The number of hydrogen-bond donors (Lipinski definition) is 0. The van der Waals surface area contributed by atoms with Crippen molar-refractivity contribution in [2.75, 3.05) is 13.2 Å². The van der Waals surface area contributed by atoms with Gasteiger partial charge in [0.25, 0.3) is 0 Å². The second-order valence-corrected chi connectivity index (χ2v) is 26.1. The van der Waals surface area contributed by atoms with Gasteiger partial charge in [0.2, 0.25) is 0 Å². The van der Waals surface area contributed by atoms with Crippen molar-refractivity contribution in [2.45, 2.75) is 116 Å². The summed E-state index contributed by atoms with van der Waals surface area (Å²) in [6.45, 7) is 31.0. The smallest absolute Gasteiger partial charge is 0.192 e. The van der Waals surface area contributed by atoms with Crippen LogP contribution in [-0.4, -0.2) is 49.6 Å². The van der Waals surface area contributed by atoms with Crippen LogP contribution in [0.15, 0.2) is 0 Å². The first-order valence-electron chi connectivity index (χ1n) is 10.6. The van der Waals surface area contributed by atoms with Gasteiger partial charge in [0.1, 0.15) is 0 Å². The van der Waals surface area contributed by atoms with Crippen molar-refractivity contribution in [1.82, 2.24) is 0 Å².